The van der Waals surface area contributed by atoms with Gasteiger partial charge in [0, 0.05) is 51.0 Å². The van der Waals surface area contributed by atoms with Crippen LogP contribution >= 0.6 is 0 Å². The van der Waals surface area contributed by atoms with Gasteiger partial charge in [0.2, 0.25) is 0 Å². The van der Waals surface area contributed by atoms with Crippen LogP contribution in [0.15, 0.2) is 0 Å². The Bertz CT molecular complexity index is 375. The molecule has 0 aromatic carbocycles. The smallest absolute Gasteiger partial charge is 0.329 e. The molecule has 1 rings (SSSR count). The van der Waals surface area contributed by atoms with Gasteiger partial charge in [-0.25, -0.2) is 4.79 Å². The first-order chi connectivity index (χ1) is 9.47. The van der Waals surface area contributed by atoms with E-state index in [1.54, 1.807) is 13.8 Å². The molecule has 20 heavy (non-hydrogen) atoms. The number of amides is 1. The summed E-state index contributed by atoms with van der Waals surface area (Å²) in [6, 6.07) is -0.717. The van der Waals surface area contributed by atoms with Crippen LogP contribution in [-0.2, 0) is 35.9 Å². The van der Waals surface area contributed by atoms with Crippen molar-refractivity contribution in [2.45, 2.75) is 38.8 Å². The first-order valence-electron chi connectivity index (χ1n) is 6.68. The zero-order valence-electron chi connectivity index (χ0n) is 11.8. The van der Waals surface area contributed by atoms with Crippen LogP contribution in [0.1, 0.15) is 26.7 Å². The van der Waals surface area contributed by atoms with Gasteiger partial charge >= 0.3 is 5.97 Å². The average molecular weight is 323 g/mol. The van der Waals surface area contributed by atoms with Crippen molar-refractivity contribution in [1.82, 2.24) is 5.32 Å². The number of morpholine rings is 1. The number of esters is 1. The van der Waals surface area contributed by atoms with Crippen LogP contribution in [0.4, 0.5) is 0 Å². The van der Waals surface area contributed by atoms with Crippen molar-refractivity contribution in [3.8, 4) is 0 Å². The van der Waals surface area contributed by atoms with E-state index in [1.807, 2.05) is 0 Å². The number of cyclic esters (lactones) is 1. The molecule has 1 fully saturated rings. The summed E-state index contributed by atoms with van der Waals surface area (Å²) < 4.78 is 27.7. The molecule has 0 saturated carbocycles. The quantitative estimate of drug-likeness (QED) is 0.620. The fraction of sp³-hybridized carbons (Fsp3) is 0.833. The Kier molecular flexibility index (Phi) is 7.36. The van der Waals surface area contributed by atoms with Crippen LogP contribution in [0.25, 0.3) is 0 Å². The minimum Gasteiger partial charge on any atom is -0.451 e. The van der Waals surface area contributed by atoms with Gasteiger partial charge < -0.3 is 10.1 Å². The van der Waals surface area contributed by atoms with Crippen molar-refractivity contribution >= 4 is 33.5 Å². The predicted octanol–water partition coefficient (Wildman–Crippen LogP) is -0.286. The molecule has 0 aromatic heterocycles. The number of ether oxygens (including phenoxy) is 1. The fourth-order valence-corrected chi connectivity index (χ4v) is 3.31. The molecule has 1 amide bonds. The molecule has 4 unspecified atom stereocenters. The van der Waals surface area contributed by atoms with Crippen molar-refractivity contribution in [2.75, 3.05) is 23.0 Å². The van der Waals surface area contributed by atoms with E-state index in [4.69, 9.17) is 4.74 Å². The van der Waals surface area contributed by atoms with E-state index in [9.17, 15) is 18.0 Å². The number of carbonyl (C=O) groups is 2. The molecule has 0 bridgehead atoms. The van der Waals surface area contributed by atoms with Gasteiger partial charge in [0.15, 0.2) is 6.10 Å². The monoisotopic (exact) mass is 323 g/mol. The van der Waals surface area contributed by atoms with Crippen molar-refractivity contribution < 1.29 is 22.7 Å². The second kappa shape index (κ2) is 8.51. The van der Waals surface area contributed by atoms with Crippen LogP contribution in [0.3, 0.4) is 0 Å². The zero-order chi connectivity index (χ0) is 15.1. The van der Waals surface area contributed by atoms with E-state index in [0.717, 1.165) is 0 Å². The molecule has 0 radical (unpaired) electrons. The lowest BCUT2D eigenvalue weighted by molar-refractivity contribution is -0.165. The number of nitrogens with one attached hydrogen (secondary N) is 1. The van der Waals surface area contributed by atoms with Crippen LogP contribution in [0, 0.1) is 0 Å². The SMILES string of the molecule is CCS(=O)CCC1NC(=O)C(CCS(=O)CC)OC1=O. The normalized spacial score (nSPS) is 25.7. The molecule has 6 nitrogen and oxygen atoms in total. The number of hydrogen-bond donors (Lipinski definition) is 1. The third-order valence-corrected chi connectivity index (χ3v) is 5.71. The summed E-state index contributed by atoms with van der Waals surface area (Å²) in [7, 11) is -1.96. The van der Waals surface area contributed by atoms with Gasteiger partial charge in [0.1, 0.15) is 6.04 Å². The molecule has 1 N–H and O–H groups in total. The summed E-state index contributed by atoms with van der Waals surface area (Å²) in [5.41, 5.74) is 0. The number of rotatable bonds is 8. The highest BCUT2D eigenvalue weighted by Crippen LogP contribution is 2.11. The van der Waals surface area contributed by atoms with Gasteiger partial charge in [-0.15, -0.1) is 0 Å². The van der Waals surface area contributed by atoms with Gasteiger partial charge in [-0.1, -0.05) is 13.8 Å². The van der Waals surface area contributed by atoms with E-state index in [2.05, 4.69) is 5.32 Å². The molecular weight excluding hydrogens is 302 g/mol. The Balaban J connectivity index is 2.45. The predicted molar refractivity (Wildman–Crippen MR) is 78.1 cm³/mol. The number of hydrogen-bond acceptors (Lipinski definition) is 5. The van der Waals surface area contributed by atoms with E-state index in [-0.39, 0.29) is 12.3 Å². The summed E-state index contributed by atoms with van der Waals surface area (Å²) in [4.78, 5) is 23.6. The maximum atomic E-state index is 11.8. The largest absolute Gasteiger partial charge is 0.451 e. The molecule has 0 aliphatic carbocycles. The van der Waals surface area contributed by atoms with Crippen LogP contribution in [0.5, 0.6) is 0 Å². The molecule has 0 spiro atoms. The lowest BCUT2D eigenvalue weighted by atomic mass is 10.1. The summed E-state index contributed by atoms with van der Waals surface area (Å²) in [5, 5.41) is 2.59. The molecular formula is C12H21NO5S2. The van der Waals surface area contributed by atoms with Crippen molar-refractivity contribution in [3.63, 3.8) is 0 Å². The van der Waals surface area contributed by atoms with Gasteiger partial charge in [0.05, 0.1) is 0 Å². The topological polar surface area (TPSA) is 89.5 Å². The lowest BCUT2D eigenvalue weighted by Crippen LogP contribution is -2.54. The molecule has 4 atom stereocenters. The maximum Gasteiger partial charge on any atom is 0.329 e. The molecule has 116 valence electrons. The minimum absolute atomic E-state index is 0.269. The van der Waals surface area contributed by atoms with E-state index < -0.39 is 39.7 Å². The average Bonchev–Trinajstić information content (AvgIpc) is 2.45. The second-order valence-corrected chi connectivity index (χ2v) is 8.16. The summed E-state index contributed by atoms with van der Waals surface area (Å²) in [5.74, 6) is 0.900. The zero-order valence-corrected chi connectivity index (χ0v) is 13.4. The Morgan fingerprint density at radius 1 is 1.05 bits per heavy atom. The Hall–Kier alpha value is -0.760. The molecule has 0 aromatic rings. The van der Waals surface area contributed by atoms with Crippen LogP contribution < -0.4 is 5.32 Å². The van der Waals surface area contributed by atoms with E-state index in [1.165, 1.54) is 0 Å². The van der Waals surface area contributed by atoms with E-state index >= 15 is 0 Å². The summed E-state index contributed by atoms with van der Waals surface area (Å²) in [6.45, 7) is 3.60. The van der Waals surface area contributed by atoms with Crippen molar-refractivity contribution in [2.24, 2.45) is 0 Å². The molecule has 1 aliphatic rings. The van der Waals surface area contributed by atoms with Crippen LogP contribution in [0.2, 0.25) is 0 Å². The fourth-order valence-electron chi connectivity index (χ4n) is 1.76. The van der Waals surface area contributed by atoms with Crippen molar-refractivity contribution in [1.29, 1.82) is 0 Å². The lowest BCUT2D eigenvalue weighted by Gasteiger charge is -2.28. The van der Waals surface area contributed by atoms with Crippen LogP contribution in [-0.4, -0.2) is 55.5 Å². The Morgan fingerprint density at radius 3 is 2.15 bits per heavy atom. The highest BCUT2D eigenvalue weighted by molar-refractivity contribution is 7.85. The third kappa shape index (κ3) is 5.32. The highest BCUT2D eigenvalue weighted by Gasteiger charge is 2.35. The highest BCUT2D eigenvalue weighted by atomic mass is 32.2. The Morgan fingerprint density at radius 2 is 1.60 bits per heavy atom. The molecule has 1 aliphatic heterocycles. The standard InChI is InChI=1S/C12H21NO5S2/c1-3-19(16)7-5-9-12(15)18-10(11(14)13-9)6-8-20(17)4-2/h9-10H,3-8H2,1-2H3,(H,13,14). The first-order valence-corrected chi connectivity index (χ1v) is 9.66. The second-order valence-electron chi connectivity index (χ2n) is 4.43. The summed E-state index contributed by atoms with van der Waals surface area (Å²) >= 11 is 0. The Labute approximate surface area is 123 Å². The first kappa shape index (κ1) is 17.3. The minimum atomic E-state index is -0.986. The third-order valence-electron chi connectivity index (χ3n) is 3.04. The molecule has 8 heteroatoms. The summed E-state index contributed by atoms with van der Waals surface area (Å²) in [6.07, 6.45) is -0.268. The van der Waals surface area contributed by atoms with Gasteiger partial charge in [-0.3, -0.25) is 13.2 Å². The maximum absolute atomic E-state index is 11.8. The van der Waals surface area contributed by atoms with Crippen molar-refractivity contribution in [3.05, 3.63) is 0 Å². The number of carbonyl (C=O) groups excluding carboxylic acids is 2. The van der Waals surface area contributed by atoms with Gasteiger partial charge in [-0.05, 0) is 6.42 Å². The van der Waals surface area contributed by atoms with Gasteiger partial charge in [-0.2, -0.15) is 0 Å². The molecule has 1 heterocycles. The van der Waals surface area contributed by atoms with Gasteiger partial charge in [0.25, 0.3) is 5.91 Å². The van der Waals surface area contributed by atoms with E-state index in [0.29, 0.717) is 29.4 Å². The molecule has 1 saturated heterocycles.